The lowest BCUT2D eigenvalue weighted by atomic mass is 9.53. The number of nitrogen functional groups attached to an aromatic ring is 1. The van der Waals surface area contributed by atoms with E-state index in [4.69, 9.17) is 5.73 Å². The van der Waals surface area contributed by atoms with Gasteiger partial charge in [-0.3, -0.25) is 4.79 Å². The number of hydrogen-bond donors (Lipinski definition) is 2. The van der Waals surface area contributed by atoms with Crippen LogP contribution in [0, 0.1) is 17.8 Å². The van der Waals surface area contributed by atoms with E-state index in [-0.39, 0.29) is 11.4 Å². The highest BCUT2D eigenvalue weighted by Gasteiger charge is 2.51. The molecule has 116 valence electrons. The molecular formula is C19H24N2O. The van der Waals surface area contributed by atoms with Crippen molar-refractivity contribution >= 4 is 17.7 Å². The van der Waals surface area contributed by atoms with Gasteiger partial charge in [-0.2, -0.15) is 0 Å². The molecule has 5 rings (SSSR count). The number of carbonyl (C=O) groups excluding carboxylic acids is 1. The first-order valence-electron chi connectivity index (χ1n) is 8.46. The van der Waals surface area contributed by atoms with Gasteiger partial charge >= 0.3 is 0 Å². The summed E-state index contributed by atoms with van der Waals surface area (Å²) in [5.41, 5.74) is 7.52. The van der Waals surface area contributed by atoms with E-state index in [1.54, 1.807) is 6.08 Å². The molecule has 0 aromatic heterocycles. The Bertz CT molecular complexity index is 567. The number of rotatable bonds is 3. The molecule has 0 saturated heterocycles. The summed E-state index contributed by atoms with van der Waals surface area (Å²) in [6, 6.07) is 7.58. The number of carbonyl (C=O) groups is 1. The highest BCUT2D eigenvalue weighted by Crippen LogP contribution is 2.55. The molecule has 0 radical (unpaired) electrons. The number of amides is 1. The first-order valence-corrected chi connectivity index (χ1v) is 8.46. The highest BCUT2D eigenvalue weighted by molar-refractivity contribution is 5.92. The Labute approximate surface area is 132 Å². The second-order valence-electron chi connectivity index (χ2n) is 7.69. The lowest BCUT2D eigenvalue weighted by Gasteiger charge is -2.56. The zero-order chi connectivity index (χ0) is 15.2. The molecule has 0 aliphatic heterocycles. The van der Waals surface area contributed by atoms with E-state index in [0.29, 0.717) is 0 Å². The zero-order valence-electron chi connectivity index (χ0n) is 12.9. The van der Waals surface area contributed by atoms with Gasteiger partial charge in [0, 0.05) is 17.3 Å². The second kappa shape index (κ2) is 5.15. The van der Waals surface area contributed by atoms with Crippen molar-refractivity contribution < 1.29 is 4.79 Å². The molecule has 3 heteroatoms. The van der Waals surface area contributed by atoms with E-state index in [1.165, 1.54) is 38.5 Å². The summed E-state index contributed by atoms with van der Waals surface area (Å²) in [5.74, 6) is 2.62. The van der Waals surface area contributed by atoms with E-state index in [2.05, 4.69) is 5.32 Å². The molecule has 4 aliphatic rings. The molecule has 4 bridgehead atoms. The Morgan fingerprint density at radius 2 is 1.59 bits per heavy atom. The largest absolute Gasteiger partial charge is 0.399 e. The standard InChI is InChI=1S/C19H24N2O/c20-17-4-1-13(2-5-17)3-6-18(22)21-19-10-14-7-15(11-19)9-16(8-14)12-19/h1-6,14-16H,7-12,20H2,(H,21,22)/b6-3+. The molecule has 22 heavy (non-hydrogen) atoms. The highest BCUT2D eigenvalue weighted by atomic mass is 16.1. The minimum Gasteiger partial charge on any atom is -0.399 e. The summed E-state index contributed by atoms with van der Waals surface area (Å²) in [6.45, 7) is 0. The van der Waals surface area contributed by atoms with Crippen LogP contribution < -0.4 is 11.1 Å². The SMILES string of the molecule is Nc1ccc(/C=C/C(=O)NC23CC4CC(CC(C4)C2)C3)cc1. The van der Waals surface area contributed by atoms with Gasteiger partial charge in [0.2, 0.25) is 5.91 Å². The second-order valence-corrected chi connectivity index (χ2v) is 7.69. The van der Waals surface area contributed by atoms with Gasteiger partial charge in [0.05, 0.1) is 0 Å². The lowest BCUT2D eigenvalue weighted by Crippen LogP contribution is -2.59. The summed E-state index contributed by atoms with van der Waals surface area (Å²) < 4.78 is 0. The fourth-order valence-electron chi connectivity index (χ4n) is 5.35. The van der Waals surface area contributed by atoms with Crippen molar-refractivity contribution in [2.24, 2.45) is 17.8 Å². The maximum Gasteiger partial charge on any atom is 0.244 e. The number of anilines is 1. The molecule has 1 aromatic rings. The van der Waals surface area contributed by atoms with Crippen molar-refractivity contribution in [2.45, 2.75) is 44.1 Å². The maximum absolute atomic E-state index is 12.3. The topological polar surface area (TPSA) is 55.1 Å². The Kier molecular flexibility index (Phi) is 3.24. The third kappa shape index (κ3) is 2.65. The molecule has 0 spiro atoms. The number of hydrogen-bond acceptors (Lipinski definition) is 2. The van der Waals surface area contributed by atoms with E-state index in [0.717, 1.165) is 29.0 Å². The Morgan fingerprint density at radius 1 is 1.05 bits per heavy atom. The van der Waals surface area contributed by atoms with E-state index in [9.17, 15) is 4.79 Å². The summed E-state index contributed by atoms with van der Waals surface area (Å²) in [5, 5.41) is 3.36. The van der Waals surface area contributed by atoms with Gasteiger partial charge < -0.3 is 11.1 Å². The molecule has 4 fully saturated rings. The molecular weight excluding hydrogens is 272 g/mol. The van der Waals surface area contributed by atoms with Gasteiger partial charge in [0.25, 0.3) is 0 Å². The molecule has 0 heterocycles. The minimum atomic E-state index is 0.0544. The monoisotopic (exact) mass is 296 g/mol. The van der Waals surface area contributed by atoms with E-state index in [1.807, 2.05) is 30.3 Å². The van der Waals surface area contributed by atoms with Crippen molar-refractivity contribution in [1.29, 1.82) is 0 Å². The van der Waals surface area contributed by atoms with Crippen LogP contribution in [-0.4, -0.2) is 11.4 Å². The molecule has 0 atom stereocenters. The summed E-state index contributed by atoms with van der Waals surface area (Å²) in [4.78, 5) is 12.3. The van der Waals surface area contributed by atoms with E-state index >= 15 is 0 Å². The lowest BCUT2D eigenvalue weighted by molar-refractivity contribution is -0.122. The van der Waals surface area contributed by atoms with Gasteiger partial charge in [-0.05, 0) is 80.1 Å². The van der Waals surface area contributed by atoms with Gasteiger partial charge in [-0.15, -0.1) is 0 Å². The Hall–Kier alpha value is -1.77. The normalized spacial score (nSPS) is 35.9. The number of nitrogens with two attached hydrogens (primary N) is 1. The first kappa shape index (κ1) is 13.9. The predicted molar refractivity (Wildman–Crippen MR) is 88.9 cm³/mol. The average Bonchev–Trinajstić information content (AvgIpc) is 2.44. The van der Waals surface area contributed by atoms with Crippen molar-refractivity contribution in [3.8, 4) is 0 Å². The van der Waals surface area contributed by atoms with Gasteiger partial charge in [-0.25, -0.2) is 0 Å². The molecule has 1 aromatic carbocycles. The van der Waals surface area contributed by atoms with Crippen LogP contribution in [0.4, 0.5) is 5.69 Å². The fraction of sp³-hybridized carbons (Fsp3) is 0.526. The van der Waals surface area contributed by atoms with Crippen LogP contribution in [-0.2, 0) is 4.79 Å². The summed E-state index contributed by atoms with van der Waals surface area (Å²) in [7, 11) is 0. The number of benzene rings is 1. The predicted octanol–water partition coefficient (Wildman–Crippen LogP) is 3.37. The van der Waals surface area contributed by atoms with Crippen molar-refractivity contribution in [3.05, 3.63) is 35.9 Å². The average molecular weight is 296 g/mol. The molecule has 1 amide bonds. The fourth-order valence-corrected chi connectivity index (χ4v) is 5.35. The van der Waals surface area contributed by atoms with Crippen LogP contribution in [0.2, 0.25) is 0 Å². The van der Waals surface area contributed by atoms with Gasteiger partial charge in [0.1, 0.15) is 0 Å². The molecule has 4 aliphatic carbocycles. The number of nitrogens with one attached hydrogen (secondary N) is 1. The molecule has 3 N–H and O–H groups in total. The first-order chi connectivity index (χ1) is 10.6. The summed E-state index contributed by atoms with van der Waals surface area (Å²) in [6.07, 6.45) is 11.3. The maximum atomic E-state index is 12.3. The quantitative estimate of drug-likeness (QED) is 0.664. The Morgan fingerprint density at radius 3 is 2.14 bits per heavy atom. The van der Waals surface area contributed by atoms with Crippen molar-refractivity contribution in [1.82, 2.24) is 5.32 Å². The van der Waals surface area contributed by atoms with Crippen LogP contribution in [0.5, 0.6) is 0 Å². The third-order valence-corrected chi connectivity index (χ3v) is 5.79. The van der Waals surface area contributed by atoms with E-state index < -0.39 is 0 Å². The smallest absolute Gasteiger partial charge is 0.244 e. The van der Waals surface area contributed by atoms with Crippen LogP contribution in [0.25, 0.3) is 6.08 Å². The van der Waals surface area contributed by atoms with Gasteiger partial charge in [-0.1, -0.05) is 12.1 Å². The molecule has 3 nitrogen and oxygen atoms in total. The minimum absolute atomic E-state index is 0.0544. The molecule has 4 saturated carbocycles. The zero-order valence-corrected chi connectivity index (χ0v) is 12.9. The van der Waals surface area contributed by atoms with Crippen LogP contribution in [0.15, 0.2) is 30.3 Å². The Balaban J connectivity index is 1.42. The van der Waals surface area contributed by atoms with Crippen LogP contribution >= 0.6 is 0 Å². The summed E-state index contributed by atoms with van der Waals surface area (Å²) >= 11 is 0. The molecule has 0 unspecified atom stereocenters. The van der Waals surface area contributed by atoms with Gasteiger partial charge in [0.15, 0.2) is 0 Å². The van der Waals surface area contributed by atoms with Crippen molar-refractivity contribution in [2.75, 3.05) is 5.73 Å². The van der Waals surface area contributed by atoms with Crippen molar-refractivity contribution in [3.63, 3.8) is 0 Å². The van der Waals surface area contributed by atoms with Crippen LogP contribution in [0.3, 0.4) is 0 Å². The third-order valence-electron chi connectivity index (χ3n) is 5.79. The van der Waals surface area contributed by atoms with Crippen LogP contribution in [0.1, 0.15) is 44.1 Å².